The Hall–Kier alpha value is -2.18. The minimum Gasteiger partial charge on any atom is -0.299 e. The molecule has 1 amide bonds. The number of carbonyl (C=O) groups excluding carboxylic acids is 1. The highest BCUT2D eigenvalue weighted by Gasteiger charge is 2.43. The van der Waals surface area contributed by atoms with Gasteiger partial charge in [-0.25, -0.2) is 13.9 Å². The molecule has 176 valence electrons. The lowest BCUT2D eigenvalue weighted by Crippen LogP contribution is -2.51. The van der Waals surface area contributed by atoms with Crippen LogP contribution in [0.5, 0.6) is 0 Å². The molecule has 2 N–H and O–H groups in total. The summed E-state index contributed by atoms with van der Waals surface area (Å²) < 4.78 is 22.6. The van der Waals surface area contributed by atoms with Crippen LogP contribution in [0.1, 0.15) is 44.7 Å². The van der Waals surface area contributed by atoms with Crippen LogP contribution in [0.4, 0.5) is 0 Å². The van der Waals surface area contributed by atoms with Gasteiger partial charge in [-0.3, -0.25) is 19.8 Å². The van der Waals surface area contributed by atoms with Gasteiger partial charge >= 0.3 is 0 Å². The zero-order valence-electron chi connectivity index (χ0n) is 19.5. The third kappa shape index (κ3) is 6.66. The highest BCUT2D eigenvalue weighted by molar-refractivity contribution is 7.92. The predicted octanol–water partition coefficient (Wildman–Crippen LogP) is 2.17. The highest BCUT2D eigenvalue weighted by atomic mass is 32.2. The number of nitrogens with zero attached hydrogens (tertiary/aromatic N) is 2. The van der Waals surface area contributed by atoms with Crippen molar-refractivity contribution in [3.8, 4) is 11.8 Å². The maximum absolute atomic E-state index is 12.1. The molecule has 1 atom stereocenters. The molecule has 0 spiro atoms. The molecule has 0 aromatic heterocycles. The molecule has 0 saturated heterocycles. The zero-order valence-corrected chi connectivity index (χ0v) is 20.3. The van der Waals surface area contributed by atoms with Crippen LogP contribution in [-0.4, -0.2) is 79.6 Å². The molecule has 2 rings (SSSR count). The van der Waals surface area contributed by atoms with Crippen LogP contribution in [0, 0.1) is 11.8 Å². The molecule has 7 nitrogen and oxygen atoms in total. The summed E-state index contributed by atoms with van der Waals surface area (Å²) in [6.45, 7) is 10.3. The monoisotopic (exact) mass is 461 g/mol. The largest absolute Gasteiger partial charge is 0.299 e. The van der Waals surface area contributed by atoms with Crippen molar-refractivity contribution >= 4 is 21.3 Å². The van der Waals surface area contributed by atoms with Crippen molar-refractivity contribution in [2.24, 2.45) is 0 Å². The van der Waals surface area contributed by atoms with Gasteiger partial charge in [-0.1, -0.05) is 43.9 Å². The van der Waals surface area contributed by atoms with Crippen molar-refractivity contribution < 1.29 is 18.4 Å². The van der Waals surface area contributed by atoms with E-state index in [2.05, 4.69) is 53.7 Å². The highest BCUT2D eigenvalue weighted by Crippen LogP contribution is 2.25. The molecule has 1 unspecified atom stereocenters. The third-order valence-corrected chi connectivity index (χ3v) is 8.31. The smallest absolute Gasteiger partial charge is 0.264 e. The first-order valence-corrected chi connectivity index (χ1v) is 12.9. The lowest BCUT2D eigenvalue weighted by atomic mass is 9.98. The van der Waals surface area contributed by atoms with Crippen molar-refractivity contribution in [3.63, 3.8) is 0 Å². The topological polar surface area (TPSA) is 89.9 Å². The average molecular weight is 462 g/mol. The number of carbonyl (C=O) groups is 1. The number of hydrogen-bond acceptors (Lipinski definition) is 6. The van der Waals surface area contributed by atoms with Gasteiger partial charge in [0, 0.05) is 31.5 Å². The van der Waals surface area contributed by atoms with Gasteiger partial charge < -0.3 is 0 Å². The molecule has 8 heteroatoms. The molecule has 0 bridgehead atoms. The number of hydrogen-bond donors (Lipinski definition) is 2. The van der Waals surface area contributed by atoms with Crippen LogP contribution in [0.2, 0.25) is 0 Å². The standard InChI is InChI=1S/C24H35N3O4S/c1-5-26(6-2)16-7-8-20-9-11-21(12-10-20)22-13-17-27(18-14-22)19-15-24(3,23(28)25-29)32(4,30)31/h9-13,29H,5-6,14-19H2,1-4H3,(H,25,28). The van der Waals surface area contributed by atoms with Crippen LogP contribution >= 0.6 is 0 Å². The summed E-state index contributed by atoms with van der Waals surface area (Å²) in [5.74, 6) is 5.55. The van der Waals surface area contributed by atoms with E-state index in [1.165, 1.54) is 23.5 Å². The molecular weight excluding hydrogens is 426 g/mol. The SMILES string of the molecule is CCN(CC)CC#Cc1ccc(C2=CCN(CCC(C)(C(=O)NO)S(C)(=O)=O)CC2)cc1. The van der Waals surface area contributed by atoms with Crippen LogP contribution in [0.3, 0.4) is 0 Å². The van der Waals surface area contributed by atoms with E-state index in [0.717, 1.165) is 44.4 Å². The van der Waals surface area contributed by atoms with E-state index in [9.17, 15) is 13.2 Å². The van der Waals surface area contributed by atoms with Crippen molar-refractivity contribution in [1.29, 1.82) is 0 Å². The fraction of sp³-hybridized carbons (Fsp3) is 0.542. The van der Waals surface area contributed by atoms with Gasteiger partial charge in [0.05, 0.1) is 6.54 Å². The number of benzene rings is 1. The van der Waals surface area contributed by atoms with E-state index in [1.807, 2.05) is 12.1 Å². The summed E-state index contributed by atoms with van der Waals surface area (Å²) in [5, 5.41) is 8.95. The fourth-order valence-electron chi connectivity index (χ4n) is 3.60. The number of amides is 1. The van der Waals surface area contributed by atoms with Gasteiger partial charge in [0.1, 0.15) is 0 Å². The zero-order chi connectivity index (χ0) is 23.8. The van der Waals surface area contributed by atoms with Gasteiger partial charge in [0.2, 0.25) is 0 Å². The molecule has 0 fully saturated rings. The summed E-state index contributed by atoms with van der Waals surface area (Å²) in [4.78, 5) is 16.4. The van der Waals surface area contributed by atoms with E-state index >= 15 is 0 Å². The first-order chi connectivity index (χ1) is 15.1. The van der Waals surface area contributed by atoms with Crippen LogP contribution in [-0.2, 0) is 14.6 Å². The molecule has 32 heavy (non-hydrogen) atoms. The minimum absolute atomic E-state index is 0.113. The molecule has 0 aliphatic carbocycles. The van der Waals surface area contributed by atoms with Crippen molar-refractivity contribution in [2.45, 2.75) is 38.4 Å². The van der Waals surface area contributed by atoms with E-state index in [4.69, 9.17) is 5.21 Å². The summed E-state index contributed by atoms with van der Waals surface area (Å²) in [5.41, 5.74) is 4.92. The van der Waals surface area contributed by atoms with Gasteiger partial charge in [-0.05, 0) is 56.1 Å². The molecule has 1 aliphatic heterocycles. The van der Waals surface area contributed by atoms with E-state index in [-0.39, 0.29) is 6.42 Å². The van der Waals surface area contributed by atoms with Crippen LogP contribution < -0.4 is 5.48 Å². The summed E-state index contributed by atoms with van der Waals surface area (Å²) >= 11 is 0. The normalized spacial score (nSPS) is 16.6. The number of sulfone groups is 1. The third-order valence-electron chi connectivity index (χ3n) is 6.28. The Bertz CT molecular complexity index is 973. The minimum atomic E-state index is -3.68. The Morgan fingerprint density at radius 3 is 2.41 bits per heavy atom. The lowest BCUT2D eigenvalue weighted by molar-refractivity contribution is -0.131. The van der Waals surface area contributed by atoms with Crippen molar-refractivity contribution in [1.82, 2.24) is 15.3 Å². The summed E-state index contributed by atoms with van der Waals surface area (Å²) in [6, 6.07) is 8.27. The van der Waals surface area contributed by atoms with Gasteiger partial charge in [0.15, 0.2) is 14.6 Å². The fourth-order valence-corrected chi connectivity index (χ4v) is 4.45. The maximum Gasteiger partial charge on any atom is 0.264 e. The molecule has 0 radical (unpaired) electrons. The van der Waals surface area contributed by atoms with Gasteiger partial charge in [-0.15, -0.1) is 0 Å². The molecular formula is C24H35N3O4S. The van der Waals surface area contributed by atoms with Gasteiger partial charge in [0.25, 0.3) is 5.91 Å². The second-order valence-electron chi connectivity index (χ2n) is 8.31. The Morgan fingerprint density at radius 1 is 1.25 bits per heavy atom. The van der Waals surface area contributed by atoms with E-state index < -0.39 is 20.5 Å². The molecule has 1 aliphatic rings. The van der Waals surface area contributed by atoms with Crippen molar-refractivity contribution in [3.05, 3.63) is 41.5 Å². The molecule has 1 heterocycles. The van der Waals surface area contributed by atoms with E-state index in [1.54, 1.807) is 0 Å². The molecule has 1 aromatic carbocycles. The van der Waals surface area contributed by atoms with E-state index in [0.29, 0.717) is 13.1 Å². The Morgan fingerprint density at radius 2 is 1.91 bits per heavy atom. The summed E-state index contributed by atoms with van der Waals surface area (Å²) in [7, 11) is -3.68. The Balaban J connectivity index is 1.96. The predicted molar refractivity (Wildman–Crippen MR) is 128 cm³/mol. The number of nitrogens with one attached hydrogen (secondary N) is 1. The number of hydroxylamine groups is 1. The van der Waals surface area contributed by atoms with Gasteiger partial charge in [-0.2, -0.15) is 0 Å². The first kappa shape index (κ1) is 26.1. The van der Waals surface area contributed by atoms with Crippen LogP contribution in [0.25, 0.3) is 5.57 Å². The molecule has 0 saturated carbocycles. The van der Waals surface area contributed by atoms with Crippen molar-refractivity contribution in [2.75, 3.05) is 45.5 Å². The van der Waals surface area contributed by atoms with Crippen LogP contribution in [0.15, 0.2) is 30.3 Å². The quantitative estimate of drug-likeness (QED) is 0.333. The second kappa shape index (κ2) is 11.6. The Labute approximate surface area is 192 Å². The maximum atomic E-state index is 12.1. The molecule has 1 aromatic rings. The first-order valence-electron chi connectivity index (χ1n) is 11.0. The Kier molecular flexibility index (Phi) is 9.47. The second-order valence-corrected chi connectivity index (χ2v) is 10.8. The average Bonchev–Trinajstić information content (AvgIpc) is 2.79. The lowest BCUT2D eigenvalue weighted by Gasteiger charge is -2.31. The summed E-state index contributed by atoms with van der Waals surface area (Å²) in [6.07, 6.45) is 4.12. The number of rotatable bonds is 9.